The summed E-state index contributed by atoms with van der Waals surface area (Å²) in [7, 11) is 0. The van der Waals surface area contributed by atoms with Crippen molar-refractivity contribution >= 4 is 5.57 Å². The molecule has 0 saturated carbocycles. The number of aromatic nitrogens is 2. The zero-order valence-corrected chi connectivity index (χ0v) is 38.6. The second-order valence-corrected chi connectivity index (χ2v) is 21.9. The van der Waals surface area contributed by atoms with Crippen molar-refractivity contribution in [2.75, 3.05) is 0 Å². The first-order valence-electron chi connectivity index (χ1n) is 22.2. The molecule has 0 N–H and O–H groups in total. The van der Waals surface area contributed by atoms with E-state index in [0.717, 1.165) is 18.7 Å². The second kappa shape index (κ2) is 15.1. The lowest BCUT2D eigenvalue weighted by atomic mass is 9.72. The Morgan fingerprint density at radius 2 is 1.07 bits per heavy atom. The Kier molecular flexibility index (Phi) is 10.4. The quantitative estimate of drug-likeness (QED) is 0.150. The molecule has 2 heteroatoms. The summed E-state index contributed by atoms with van der Waals surface area (Å²) in [5.41, 5.74) is 19.8. The molecule has 6 aromatic rings. The van der Waals surface area contributed by atoms with Crippen LogP contribution in [-0.2, 0) is 10.8 Å². The Bertz CT molecular complexity index is 2510. The van der Waals surface area contributed by atoms with E-state index in [2.05, 4.69) is 222 Å². The Hall–Kier alpha value is -5.21. The van der Waals surface area contributed by atoms with E-state index < -0.39 is 0 Å². The van der Waals surface area contributed by atoms with Crippen LogP contribution in [-0.4, -0.2) is 9.55 Å². The highest BCUT2D eigenvalue weighted by Gasteiger charge is 2.36. The first-order chi connectivity index (χ1) is 28.2. The predicted molar refractivity (Wildman–Crippen MR) is 258 cm³/mol. The molecule has 308 valence electrons. The molecule has 1 aliphatic heterocycles. The van der Waals surface area contributed by atoms with Crippen LogP contribution in [0.15, 0.2) is 128 Å². The third-order valence-electron chi connectivity index (χ3n) is 13.0. The zero-order chi connectivity index (χ0) is 42.9. The lowest BCUT2D eigenvalue weighted by molar-refractivity contribution is 0.283. The molecule has 2 aliphatic rings. The van der Waals surface area contributed by atoms with Gasteiger partial charge in [0.1, 0.15) is 5.82 Å². The third-order valence-corrected chi connectivity index (χ3v) is 13.0. The van der Waals surface area contributed by atoms with Crippen LogP contribution in [0, 0.1) is 31.6 Å². The second-order valence-electron chi connectivity index (χ2n) is 21.9. The molecular weight excluding hydrogens is 725 g/mol. The number of benzene rings is 5. The number of nitrogens with zero attached hydrogens (tertiary/aromatic N) is 2. The van der Waals surface area contributed by atoms with Crippen LogP contribution < -0.4 is 0 Å². The molecule has 2 nitrogen and oxygen atoms in total. The van der Waals surface area contributed by atoms with Gasteiger partial charge in [-0.3, -0.25) is 0 Å². The number of rotatable bonds is 8. The van der Waals surface area contributed by atoms with Gasteiger partial charge in [0, 0.05) is 17.0 Å². The molecule has 5 aromatic carbocycles. The normalized spacial score (nSPS) is 16.6. The van der Waals surface area contributed by atoms with Gasteiger partial charge in [0.25, 0.3) is 0 Å². The maximum atomic E-state index is 5.12. The van der Waals surface area contributed by atoms with Gasteiger partial charge in [0.05, 0.1) is 17.9 Å². The molecule has 2 unspecified atom stereocenters. The van der Waals surface area contributed by atoms with Crippen LogP contribution in [0.5, 0.6) is 0 Å². The fraction of sp³-hybridized carbons (Fsp3) is 0.362. The van der Waals surface area contributed by atoms with Gasteiger partial charge in [-0.25, -0.2) is 4.98 Å². The van der Waals surface area contributed by atoms with E-state index in [0.29, 0.717) is 0 Å². The molecule has 0 amide bonds. The van der Waals surface area contributed by atoms with Gasteiger partial charge in [0.15, 0.2) is 0 Å². The van der Waals surface area contributed by atoms with Crippen LogP contribution in [0.4, 0.5) is 0 Å². The molecule has 1 aliphatic carbocycles. The molecule has 1 aromatic heterocycles. The Labute approximate surface area is 361 Å². The minimum Gasteiger partial charge on any atom is -0.316 e. The molecule has 0 radical (unpaired) electrons. The molecular formula is C58H66N2. The van der Waals surface area contributed by atoms with Gasteiger partial charge in [-0.15, -0.1) is 0 Å². The molecule has 0 saturated heterocycles. The molecule has 60 heavy (non-hydrogen) atoms. The number of allylic oxidation sites excluding steroid dienone is 4. The van der Waals surface area contributed by atoms with Crippen LogP contribution in [0.25, 0.3) is 50.5 Å². The smallest absolute Gasteiger partial charge is 0.141 e. The highest BCUT2D eigenvalue weighted by molar-refractivity contribution is 5.85. The van der Waals surface area contributed by atoms with Crippen LogP contribution in [0.2, 0.25) is 0 Å². The maximum absolute atomic E-state index is 5.12. The molecule has 8 rings (SSSR count). The highest BCUT2D eigenvalue weighted by atomic mass is 15.1. The number of fused-ring (bicyclic) bond motifs is 6. The number of aryl methyl sites for hydroxylation is 3. The summed E-state index contributed by atoms with van der Waals surface area (Å²) < 4.78 is 2.51. The molecule has 0 spiro atoms. The fourth-order valence-electron chi connectivity index (χ4n) is 11.2. The molecule has 2 heterocycles. The van der Waals surface area contributed by atoms with Crippen molar-refractivity contribution in [3.8, 4) is 44.9 Å². The van der Waals surface area contributed by atoms with Crippen molar-refractivity contribution in [3.05, 3.63) is 166 Å². The molecule has 2 atom stereocenters. The summed E-state index contributed by atoms with van der Waals surface area (Å²) >= 11 is 0. The van der Waals surface area contributed by atoms with Crippen molar-refractivity contribution in [2.24, 2.45) is 10.8 Å². The first kappa shape index (κ1) is 41.5. The van der Waals surface area contributed by atoms with E-state index in [4.69, 9.17) is 4.98 Å². The van der Waals surface area contributed by atoms with Gasteiger partial charge in [0.2, 0.25) is 0 Å². The van der Waals surface area contributed by atoms with E-state index in [1.807, 2.05) is 0 Å². The largest absolute Gasteiger partial charge is 0.316 e. The maximum Gasteiger partial charge on any atom is 0.141 e. The van der Waals surface area contributed by atoms with Crippen molar-refractivity contribution in [2.45, 2.75) is 126 Å². The van der Waals surface area contributed by atoms with Gasteiger partial charge >= 0.3 is 0 Å². The molecule has 0 bridgehead atoms. The topological polar surface area (TPSA) is 17.8 Å². The average molecular weight is 791 g/mol. The average Bonchev–Trinajstić information content (AvgIpc) is 3.60. The van der Waals surface area contributed by atoms with Crippen molar-refractivity contribution < 1.29 is 0 Å². The van der Waals surface area contributed by atoms with Gasteiger partial charge < -0.3 is 4.57 Å². The Balaban J connectivity index is 1.23. The van der Waals surface area contributed by atoms with Gasteiger partial charge in [-0.2, -0.15) is 0 Å². The Morgan fingerprint density at radius 3 is 1.58 bits per heavy atom. The minimum atomic E-state index is 0.0860. The molecule has 0 fully saturated rings. The van der Waals surface area contributed by atoms with E-state index >= 15 is 0 Å². The summed E-state index contributed by atoms with van der Waals surface area (Å²) in [6, 6.07) is 39.7. The summed E-state index contributed by atoms with van der Waals surface area (Å²) in [6.45, 7) is 30.3. The third kappa shape index (κ3) is 8.15. The predicted octanol–water partition coefficient (Wildman–Crippen LogP) is 16.2. The van der Waals surface area contributed by atoms with Crippen molar-refractivity contribution in [1.29, 1.82) is 0 Å². The van der Waals surface area contributed by atoms with Gasteiger partial charge in [-0.05, 0) is 135 Å². The number of imidazole rings is 1. The van der Waals surface area contributed by atoms with Crippen LogP contribution in [0.3, 0.4) is 0 Å². The number of hydrogen-bond acceptors (Lipinski definition) is 1. The van der Waals surface area contributed by atoms with E-state index in [1.54, 1.807) is 0 Å². The summed E-state index contributed by atoms with van der Waals surface area (Å²) in [6.07, 6.45) is 11.7. The highest BCUT2D eigenvalue weighted by Crippen LogP contribution is 2.50. The van der Waals surface area contributed by atoms with Gasteiger partial charge in [-0.1, -0.05) is 178 Å². The van der Waals surface area contributed by atoms with Crippen LogP contribution >= 0.6 is 0 Å². The van der Waals surface area contributed by atoms with E-state index in [-0.39, 0.29) is 33.6 Å². The summed E-state index contributed by atoms with van der Waals surface area (Å²) in [5, 5.41) is 0. The van der Waals surface area contributed by atoms with E-state index in [1.165, 1.54) is 83.6 Å². The zero-order valence-electron chi connectivity index (χ0n) is 38.6. The van der Waals surface area contributed by atoms with Crippen LogP contribution in [0.1, 0.15) is 133 Å². The van der Waals surface area contributed by atoms with E-state index in [9.17, 15) is 0 Å². The SMILES string of the molecule is Cc1cc(C)c(-c2cnc3n2C2C=CC(c4cc(-c5ccc(C(C)(C)CC(C)(C)C)cc5)cc(-c5ccc(C(C)(C)CC(C)(C)C)cc5)c4)=CC2c2ccccc2-3)c(C)c1. The monoisotopic (exact) mass is 791 g/mol. The van der Waals surface area contributed by atoms with Crippen molar-refractivity contribution in [1.82, 2.24) is 9.55 Å². The first-order valence-corrected chi connectivity index (χ1v) is 22.2. The lowest BCUT2D eigenvalue weighted by Gasteiger charge is -2.36. The summed E-state index contributed by atoms with van der Waals surface area (Å²) in [5.74, 6) is 1.21. The minimum absolute atomic E-state index is 0.0860. The Morgan fingerprint density at radius 1 is 0.567 bits per heavy atom. The lowest BCUT2D eigenvalue weighted by Crippen LogP contribution is -2.24. The fourth-order valence-corrected chi connectivity index (χ4v) is 11.2. The standard InChI is InChI=1S/C58H66N2/c1-37-28-38(2)53(39(3)29-37)52-34-59-54-49-17-15-14-16-48(49)50-33-42(22-27-51(50)60(52)54)45-31-43(40-18-23-46(24-19-40)57(10,11)35-55(4,5)6)30-44(32-45)41-20-25-47(26-21-41)58(12,13)36-56(7,8)9/h14-34,50-51H,35-36H2,1-13H3. The summed E-state index contributed by atoms with van der Waals surface area (Å²) in [4.78, 5) is 5.12. The van der Waals surface area contributed by atoms with Crippen molar-refractivity contribution in [3.63, 3.8) is 0 Å². The number of hydrogen-bond donors (Lipinski definition) is 0.